The number of ether oxygens (including phenoxy) is 1. The van der Waals surface area contributed by atoms with E-state index in [-0.39, 0.29) is 5.97 Å². The zero-order valence-electron chi connectivity index (χ0n) is 9.29. The van der Waals surface area contributed by atoms with Gasteiger partial charge in [-0.05, 0) is 31.8 Å². The van der Waals surface area contributed by atoms with E-state index in [2.05, 4.69) is 11.4 Å². The van der Waals surface area contributed by atoms with Crippen LogP contribution in [0.3, 0.4) is 0 Å². The Kier molecular flexibility index (Phi) is 3.29. The smallest absolute Gasteiger partial charge is 0.354 e. The lowest BCUT2D eigenvalue weighted by Gasteiger charge is -2.16. The Morgan fingerprint density at radius 1 is 1.47 bits per heavy atom. The molecule has 2 atom stereocenters. The minimum atomic E-state index is -0.189. The summed E-state index contributed by atoms with van der Waals surface area (Å²) in [6, 6.07) is 0.479. The molecule has 3 heteroatoms. The first kappa shape index (κ1) is 10.5. The number of carbonyl (C=O) groups is 1. The van der Waals surface area contributed by atoms with Crippen LogP contribution in [0, 0.1) is 5.92 Å². The van der Waals surface area contributed by atoms with Crippen molar-refractivity contribution in [3.8, 4) is 0 Å². The van der Waals surface area contributed by atoms with Gasteiger partial charge < -0.3 is 10.1 Å². The molecule has 1 unspecified atom stereocenters. The lowest BCUT2D eigenvalue weighted by atomic mass is 9.98. The second kappa shape index (κ2) is 4.69. The molecule has 1 N–H and O–H groups in total. The van der Waals surface area contributed by atoms with Crippen LogP contribution in [0.15, 0.2) is 11.8 Å². The van der Waals surface area contributed by atoms with Gasteiger partial charge in [-0.3, -0.25) is 0 Å². The Hall–Kier alpha value is -0.990. The third kappa shape index (κ3) is 2.33. The van der Waals surface area contributed by atoms with Gasteiger partial charge in [-0.1, -0.05) is 19.3 Å². The van der Waals surface area contributed by atoms with Crippen molar-refractivity contribution in [3.05, 3.63) is 11.8 Å². The number of esters is 1. The minimum Gasteiger partial charge on any atom is -0.461 e. The monoisotopic (exact) mass is 209 g/mol. The minimum absolute atomic E-state index is 0.189. The van der Waals surface area contributed by atoms with Crippen LogP contribution in [0.25, 0.3) is 0 Å². The molecular weight excluding hydrogens is 190 g/mol. The van der Waals surface area contributed by atoms with Crippen molar-refractivity contribution < 1.29 is 9.53 Å². The third-order valence-electron chi connectivity index (χ3n) is 3.29. The van der Waals surface area contributed by atoms with Gasteiger partial charge >= 0.3 is 5.97 Å². The predicted octanol–water partition coefficient (Wildman–Crippen LogP) is 1.99. The summed E-state index contributed by atoms with van der Waals surface area (Å²) < 4.78 is 4.99. The van der Waals surface area contributed by atoms with Crippen molar-refractivity contribution in [2.75, 3.05) is 6.61 Å². The summed E-state index contributed by atoms with van der Waals surface area (Å²) in [4.78, 5) is 11.5. The number of carbonyl (C=O) groups excluding carboxylic acids is 1. The number of fused-ring (bicyclic) bond motifs is 1. The molecule has 0 bridgehead atoms. The zero-order chi connectivity index (χ0) is 10.7. The van der Waals surface area contributed by atoms with Gasteiger partial charge in [0.1, 0.15) is 5.70 Å². The van der Waals surface area contributed by atoms with Crippen molar-refractivity contribution in [2.24, 2.45) is 5.92 Å². The first-order valence-corrected chi connectivity index (χ1v) is 5.96. The molecule has 0 aromatic heterocycles. The average Bonchev–Trinajstić information content (AvgIpc) is 2.51. The summed E-state index contributed by atoms with van der Waals surface area (Å²) >= 11 is 0. The highest BCUT2D eigenvalue weighted by atomic mass is 16.5. The van der Waals surface area contributed by atoms with Gasteiger partial charge in [0.2, 0.25) is 0 Å². The molecule has 0 radical (unpaired) electrons. The topological polar surface area (TPSA) is 38.3 Å². The van der Waals surface area contributed by atoms with Gasteiger partial charge in [0.05, 0.1) is 6.61 Å². The highest BCUT2D eigenvalue weighted by molar-refractivity contribution is 5.88. The Balaban J connectivity index is 1.99. The molecule has 0 amide bonds. The van der Waals surface area contributed by atoms with Gasteiger partial charge in [0.15, 0.2) is 0 Å². The molecule has 3 nitrogen and oxygen atoms in total. The maximum Gasteiger partial charge on any atom is 0.354 e. The van der Waals surface area contributed by atoms with Crippen LogP contribution in [0.5, 0.6) is 0 Å². The maximum atomic E-state index is 11.5. The first-order chi connectivity index (χ1) is 7.31. The van der Waals surface area contributed by atoms with E-state index in [1.807, 2.05) is 6.92 Å². The van der Waals surface area contributed by atoms with E-state index in [4.69, 9.17) is 4.74 Å². The highest BCUT2D eigenvalue weighted by Gasteiger charge is 2.30. The Morgan fingerprint density at radius 3 is 3.07 bits per heavy atom. The van der Waals surface area contributed by atoms with Gasteiger partial charge in [0, 0.05) is 6.04 Å². The fourth-order valence-corrected chi connectivity index (χ4v) is 2.51. The van der Waals surface area contributed by atoms with Crippen LogP contribution < -0.4 is 5.32 Å². The Morgan fingerprint density at radius 2 is 2.27 bits per heavy atom. The summed E-state index contributed by atoms with van der Waals surface area (Å²) in [5, 5.41) is 3.30. The van der Waals surface area contributed by atoms with E-state index in [0.717, 1.165) is 0 Å². The summed E-state index contributed by atoms with van der Waals surface area (Å²) in [5.41, 5.74) is 0.689. The van der Waals surface area contributed by atoms with E-state index in [0.29, 0.717) is 24.3 Å². The molecule has 2 aliphatic rings. The van der Waals surface area contributed by atoms with Crippen LogP contribution in [-0.4, -0.2) is 18.6 Å². The first-order valence-electron chi connectivity index (χ1n) is 5.96. The van der Waals surface area contributed by atoms with Crippen LogP contribution in [0.4, 0.5) is 0 Å². The Bertz CT molecular complexity index is 273. The second-order valence-corrected chi connectivity index (χ2v) is 4.35. The fourth-order valence-electron chi connectivity index (χ4n) is 2.51. The van der Waals surface area contributed by atoms with Gasteiger partial charge in [-0.25, -0.2) is 4.79 Å². The van der Waals surface area contributed by atoms with Gasteiger partial charge in [-0.2, -0.15) is 0 Å². The molecule has 1 heterocycles. The maximum absolute atomic E-state index is 11.5. The van der Waals surface area contributed by atoms with Crippen molar-refractivity contribution in [1.29, 1.82) is 0 Å². The van der Waals surface area contributed by atoms with Crippen LogP contribution in [0.1, 0.15) is 39.0 Å². The Labute approximate surface area is 90.9 Å². The van der Waals surface area contributed by atoms with Crippen LogP contribution in [-0.2, 0) is 9.53 Å². The third-order valence-corrected chi connectivity index (χ3v) is 3.29. The molecule has 1 fully saturated rings. The SMILES string of the molecule is CCOC(=O)C1=C[C@H]2CCCCCC2N1. The molecule has 84 valence electrons. The molecule has 2 rings (SSSR count). The molecule has 15 heavy (non-hydrogen) atoms. The lowest BCUT2D eigenvalue weighted by molar-refractivity contribution is -0.138. The van der Waals surface area contributed by atoms with Crippen LogP contribution >= 0.6 is 0 Å². The normalized spacial score (nSPS) is 29.8. The molecule has 1 aliphatic heterocycles. The molecule has 1 aliphatic carbocycles. The molecule has 0 spiro atoms. The largest absolute Gasteiger partial charge is 0.461 e. The van der Waals surface area contributed by atoms with Crippen molar-refractivity contribution in [1.82, 2.24) is 5.32 Å². The van der Waals surface area contributed by atoms with E-state index in [1.165, 1.54) is 32.1 Å². The highest BCUT2D eigenvalue weighted by Crippen LogP contribution is 2.30. The van der Waals surface area contributed by atoms with E-state index in [9.17, 15) is 4.79 Å². The number of rotatable bonds is 2. The second-order valence-electron chi connectivity index (χ2n) is 4.35. The molecule has 0 aromatic carbocycles. The zero-order valence-corrected chi connectivity index (χ0v) is 9.29. The summed E-state index contributed by atoms with van der Waals surface area (Å²) in [6.07, 6.45) is 8.36. The summed E-state index contributed by atoms with van der Waals surface area (Å²) in [5.74, 6) is 0.359. The molecule has 0 saturated heterocycles. The molecular formula is C12H19NO2. The van der Waals surface area contributed by atoms with E-state index >= 15 is 0 Å². The lowest BCUT2D eigenvalue weighted by Crippen LogP contribution is -2.30. The predicted molar refractivity (Wildman–Crippen MR) is 58.2 cm³/mol. The van der Waals surface area contributed by atoms with Gasteiger partial charge in [-0.15, -0.1) is 0 Å². The molecule has 0 aromatic rings. The van der Waals surface area contributed by atoms with Crippen molar-refractivity contribution in [3.63, 3.8) is 0 Å². The van der Waals surface area contributed by atoms with Crippen LogP contribution in [0.2, 0.25) is 0 Å². The van der Waals surface area contributed by atoms with Gasteiger partial charge in [0.25, 0.3) is 0 Å². The standard InChI is InChI=1S/C12H19NO2/c1-2-15-12(14)11-8-9-6-4-3-5-7-10(9)13-11/h8-10,13H,2-7H2,1H3/t9-,10?/m1/s1. The average molecular weight is 209 g/mol. The number of hydrogen-bond donors (Lipinski definition) is 1. The van der Waals surface area contributed by atoms with E-state index < -0.39 is 0 Å². The van der Waals surface area contributed by atoms with Crippen molar-refractivity contribution in [2.45, 2.75) is 45.1 Å². The summed E-state index contributed by atoms with van der Waals surface area (Å²) in [7, 11) is 0. The quantitative estimate of drug-likeness (QED) is 0.707. The van der Waals surface area contributed by atoms with Crippen molar-refractivity contribution >= 4 is 5.97 Å². The summed E-state index contributed by atoms with van der Waals surface area (Å²) in [6.45, 7) is 2.29. The van der Waals surface area contributed by atoms with E-state index in [1.54, 1.807) is 0 Å². The molecule has 1 saturated carbocycles. The fraction of sp³-hybridized carbons (Fsp3) is 0.750. The number of nitrogens with one attached hydrogen (secondary N) is 1. The number of hydrogen-bond acceptors (Lipinski definition) is 3.